The molecule has 1 aromatic carbocycles. The van der Waals surface area contributed by atoms with Crippen molar-refractivity contribution < 1.29 is 9.90 Å². The first-order valence-electron chi connectivity index (χ1n) is 7.89. The molecule has 0 saturated heterocycles. The van der Waals surface area contributed by atoms with E-state index in [1.165, 1.54) is 5.56 Å². The summed E-state index contributed by atoms with van der Waals surface area (Å²) >= 11 is 0. The van der Waals surface area contributed by atoms with Crippen molar-refractivity contribution in [3.05, 3.63) is 29.8 Å². The standard InChI is InChI=1S/C18H29NO2/c1-13(2)10-11-19(12-15(5)18(20)21)17-8-6-16(7-9-17)14(3)4/h6-9,13-15H,10-12H2,1-5H3,(H,20,21). The lowest BCUT2D eigenvalue weighted by Crippen LogP contribution is -2.33. The molecule has 21 heavy (non-hydrogen) atoms. The average Bonchev–Trinajstić information content (AvgIpc) is 2.42. The van der Waals surface area contributed by atoms with Gasteiger partial charge in [-0.1, -0.05) is 46.8 Å². The molecule has 3 heteroatoms. The minimum absolute atomic E-state index is 0.359. The van der Waals surface area contributed by atoms with Crippen LogP contribution in [-0.2, 0) is 4.79 Å². The quantitative estimate of drug-likeness (QED) is 0.772. The van der Waals surface area contributed by atoms with E-state index in [1.807, 2.05) is 0 Å². The van der Waals surface area contributed by atoms with Gasteiger partial charge < -0.3 is 10.0 Å². The summed E-state index contributed by atoms with van der Waals surface area (Å²) in [5.41, 5.74) is 2.43. The molecular weight excluding hydrogens is 262 g/mol. The number of carboxylic acid groups (broad SMARTS) is 1. The fraction of sp³-hybridized carbons (Fsp3) is 0.611. The number of nitrogens with zero attached hydrogens (tertiary/aromatic N) is 1. The van der Waals surface area contributed by atoms with Crippen LogP contribution >= 0.6 is 0 Å². The van der Waals surface area contributed by atoms with Crippen molar-refractivity contribution in [1.29, 1.82) is 0 Å². The van der Waals surface area contributed by atoms with Crippen LogP contribution in [0.4, 0.5) is 5.69 Å². The zero-order valence-corrected chi connectivity index (χ0v) is 14.0. The van der Waals surface area contributed by atoms with Gasteiger partial charge in [-0.25, -0.2) is 0 Å². The maximum atomic E-state index is 11.1. The van der Waals surface area contributed by atoms with Crippen LogP contribution < -0.4 is 4.90 Å². The van der Waals surface area contributed by atoms with Gasteiger partial charge in [-0.2, -0.15) is 0 Å². The van der Waals surface area contributed by atoms with Crippen molar-refractivity contribution in [2.75, 3.05) is 18.0 Å². The second kappa shape index (κ2) is 8.06. The van der Waals surface area contributed by atoms with Gasteiger partial charge in [-0.05, 0) is 36.0 Å². The minimum Gasteiger partial charge on any atom is -0.481 e. The van der Waals surface area contributed by atoms with Gasteiger partial charge in [0.05, 0.1) is 5.92 Å². The predicted molar refractivity (Wildman–Crippen MR) is 89.0 cm³/mol. The lowest BCUT2D eigenvalue weighted by atomic mass is 10.0. The highest BCUT2D eigenvalue weighted by Crippen LogP contribution is 2.22. The van der Waals surface area contributed by atoms with Gasteiger partial charge in [0.1, 0.15) is 0 Å². The Hall–Kier alpha value is -1.51. The van der Waals surface area contributed by atoms with E-state index in [4.69, 9.17) is 5.11 Å². The summed E-state index contributed by atoms with van der Waals surface area (Å²) in [7, 11) is 0. The van der Waals surface area contributed by atoms with Gasteiger partial charge in [0.2, 0.25) is 0 Å². The zero-order chi connectivity index (χ0) is 16.0. The topological polar surface area (TPSA) is 40.5 Å². The Labute approximate surface area is 129 Å². The third kappa shape index (κ3) is 5.78. The second-order valence-electron chi connectivity index (χ2n) is 6.61. The molecule has 3 nitrogen and oxygen atoms in total. The number of carbonyl (C=O) groups is 1. The molecule has 0 radical (unpaired) electrons. The molecule has 1 unspecified atom stereocenters. The zero-order valence-electron chi connectivity index (χ0n) is 14.0. The number of hydrogen-bond acceptors (Lipinski definition) is 2. The molecule has 1 N–H and O–H groups in total. The number of benzene rings is 1. The molecule has 0 aliphatic carbocycles. The summed E-state index contributed by atoms with van der Waals surface area (Å²) in [4.78, 5) is 13.3. The molecule has 0 aromatic heterocycles. The summed E-state index contributed by atoms with van der Waals surface area (Å²) in [5, 5.41) is 9.15. The van der Waals surface area contributed by atoms with Crippen molar-refractivity contribution in [2.24, 2.45) is 11.8 Å². The third-order valence-corrected chi connectivity index (χ3v) is 3.82. The van der Waals surface area contributed by atoms with E-state index >= 15 is 0 Å². The molecule has 0 aliphatic rings. The molecule has 1 rings (SSSR count). The smallest absolute Gasteiger partial charge is 0.308 e. The Morgan fingerprint density at radius 1 is 1.10 bits per heavy atom. The first-order valence-corrected chi connectivity index (χ1v) is 7.89. The molecular formula is C18H29NO2. The van der Waals surface area contributed by atoms with Gasteiger partial charge in [0.15, 0.2) is 0 Å². The highest BCUT2D eigenvalue weighted by molar-refractivity contribution is 5.70. The van der Waals surface area contributed by atoms with Gasteiger partial charge >= 0.3 is 5.97 Å². The van der Waals surface area contributed by atoms with E-state index in [2.05, 4.69) is 56.9 Å². The van der Waals surface area contributed by atoms with Crippen molar-refractivity contribution in [3.8, 4) is 0 Å². The first kappa shape index (κ1) is 17.5. The lowest BCUT2D eigenvalue weighted by molar-refractivity contribution is -0.140. The highest BCUT2D eigenvalue weighted by atomic mass is 16.4. The van der Waals surface area contributed by atoms with E-state index in [0.29, 0.717) is 18.4 Å². The van der Waals surface area contributed by atoms with Crippen molar-refractivity contribution in [3.63, 3.8) is 0 Å². The van der Waals surface area contributed by atoms with Crippen molar-refractivity contribution in [2.45, 2.75) is 47.0 Å². The van der Waals surface area contributed by atoms with Crippen LogP contribution in [0, 0.1) is 11.8 Å². The normalized spacial score (nSPS) is 12.7. The fourth-order valence-corrected chi connectivity index (χ4v) is 2.22. The van der Waals surface area contributed by atoms with Crippen LogP contribution in [-0.4, -0.2) is 24.2 Å². The van der Waals surface area contributed by atoms with E-state index in [0.717, 1.165) is 18.7 Å². The number of aliphatic carboxylic acids is 1. The Bertz CT molecular complexity index is 437. The van der Waals surface area contributed by atoms with Crippen molar-refractivity contribution >= 4 is 11.7 Å². The van der Waals surface area contributed by atoms with Gasteiger partial charge in [0, 0.05) is 18.8 Å². The Balaban J connectivity index is 2.85. The summed E-state index contributed by atoms with van der Waals surface area (Å²) < 4.78 is 0. The maximum absolute atomic E-state index is 11.1. The predicted octanol–water partition coefficient (Wildman–Crippen LogP) is 4.38. The molecule has 0 fully saturated rings. The molecule has 1 atom stereocenters. The summed E-state index contributed by atoms with van der Waals surface area (Å²) in [6.07, 6.45) is 1.07. The molecule has 0 bridgehead atoms. The van der Waals surface area contributed by atoms with Crippen LogP contribution in [0.1, 0.15) is 52.5 Å². The molecule has 0 saturated carbocycles. The van der Waals surface area contributed by atoms with Crippen LogP contribution in [0.3, 0.4) is 0 Å². The minimum atomic E-state index is -0.733. The maximum Gasteiger partial charge on any atom is 0.308 e. The molecule has 118 valence electrons. The van der Waals surface area contributed by atoms with Gasteiger partial charge in [-0.15, -0.1) is 0 Å². The number of rotatable bonds is 8. The van der Waals surface area contributed by atoms with Gasteiger partial charge in [0.25, 0.3) is 0 Å². The van der Waals surface area contributed by atoms with E-state index in [1.54, 1.807) is 6.92 Å². The highest BCUT2D eigenvalue weighted by Gasteiger charge is 2.17. The molecule has 0 aliphatic heterocycles. The van der Waals surface area contributed by atoms with Crippen LogP contribution in [0.25, 0.3) is 0 Å². The Kier molecular flexibility index (Phi) is 6.73. The number of carboxylic acids is 1. The van der Waals surface area contributed by atoms with Gasteiger partial charge in [-0.3, -0.25) is 4.79 Å². The molecule has 0 heterocycles. The average molecular weight is 291 g/mol. The summed E-state index contributed by atoms with van der Waals surface area (Å²) in [5.74, 6) is 0.0361. The fourth-order valence-electron chi connectivity index (χ4n) is 2.22. The molecule has 1 aromatic rings. The summed E-state index contributed by atoms with van der Waals surface area (Å²) in [6, 6.07) is 8.52. The van der Waals surface area contributed by atoms with E-state index < -0.39 is 5.97 Å². The van der Waals surface area contributed by atoms with E-state index in [-0.39, 0.29) is 5.92 Å². The van der Waals surface area contributed by atoms with Crippen molar-refractivity contribution in [1.82, 2.24) is 0 Å². The largest absolute Gasteiger partial charge is 0.481 e. The second-order valence-corrected chi connectivity index (χ2v) is 6.61. The summed E-state index contributed by atoms with van der Waals surface area (Å²) in [6.45, 7) is 12.0. The third-order valence-electron chi connectivity index (χ3n) is 3.82. The number of hydrogen-bond donors (Lipinski definition) is 1. The van der Waals surface area contributed by atoms with Crippen LogP contribution in [0.15, 0.2) is 24.3 Å². The Morgan fingerprint density at radius 3 is 2.10 bits per heavy atom. The Morgan fingerprint density at radius 2 is 1.67 bits per heavy atom. The molecule has 0 spiro atoms. The molecule has 0 amide bonds. The monoisotopic (exact) mass is 291 g/mol. The van der Waals surface area contributed by atoms with Crippen LogP contribution in [0.5, 0.6) is 0 Å². The lowest BCUT2D eigenvalue weighted by Gasteiger charge is -2.27. The number of anilines is 1. The van der Waals surface area contributed by atoms with E-state index in [9.17, 15) is 4.79 Å². The SMILES string of the molecule is CC(C)CCN(CC(C)C(=O)O)c1ccc(C(C)C)cc1. The first-order chi connectivity index (χ1) is 9.81. The van der Waals surface area contributed by atoms with Crippen LogP contribution in [0.2, 0.25) is 0 Å².